The summed E-state index contributed by atoms with van der Waals surface area (Å²) in [5.74, 6) is -0.979. The summed E-state index contributed by atoms with van der Waals surface area (Å²) in [6.07, 6.45) is 0. The molecule has 0 aliphatic carbocycles. The van der Waals surface area contributed by atoms with Crippen molar-refractivity contribution in [3.63, 3.8) is 0 Å². The lowest BCUT2D eigenvalue weighted by molar-refractivity contribution is -0.885. The Balaban J connectivity index is 1.82. The Hall–Kier alpha value is -3.13. The number of amides is 2. The summed E-state index contributed by atoms with van der Waals surface area (Å²) in [7, 11) is 3.23. The summed E-state index contributed by atoms with van der Waals surface area (Å²) >= 11 is 0. The number of quaternary nitrogens is 1. The Morgan fingerprint density at radius 2 is 1.73 bits per heavy atom. The number of carbonyl (C=O) groups excluding carboxylic acids is 2. The summed E-state index contributed by atoms with van der Waals surface area (Å²) in [5.41, 5.74) is 7.10. The van der Waals surface area contributed by atoms with E-state index in [0.29, 0.717) is 12.1 Å². The molecule has 2 aromatic carbocycles. The minimum atomic E-state index is -0.438. The summed E-state index contributed by atoms with van der Waals surface area (Å²) in [6, 6.07) is 11.9. The average molecular weight is 418 g/mol. The van der Waals surface area contributed by atoms with Crippen LogP contribution < -0.4 is 25.4 Å². The van der Waals surface area contributed by atoms with E-state index in [-0.39, 0.29) is 24.1 Å². The molecule has 0 fully saturated rings. The van der Waals surface area contributed by atoms with Gasteiger partial charge in [-0.2, -0.15) is 0 Å². The van der Waals surface area contributed by atoms with E-state index in [2.05, 4.69) is 29.6 Å². The number of rotatable bonds is 9. The van der Waals surface area contributed by atoms with Gasteiger partial charge in [-0.1, -0.05) is 0 Å². The number of halogens is 1. The summed E-state index contributed by atoms with van der Waals surface area (Å²) < 4.78 is 18.7. The van der Waals surface area contributed by atoms with Crippen molar-refractivity contribution in [1.82, 2.24) is 10.9 Å². The number of nitrogens with one attached hydrogen (secondary N) is 3. The molecule has 2 aromatic rings. The fourth-order valence-electron chi connectivity index (χ4n) is 3.16. The molecule has 0 heterocycles. The molecule has 8 heteroatoms. The lowest BCUT2D eigenvalue weighted by Crippen LogP contribution is -3.09. The number of carbonyl (C=O) groups is 2. The van der Waals surface area contributed by atoms with Crippen LogP contribution in [0.4, 0.5) is 10.1 Å². The van der Waals surface area contributed by atoms with Crippen molar-refractivity contribution < 1.29 is 23.6 Å². The van der Waals surface area contributed by atoms with Gasteiger partial charge in [0.05, 0.1) is 14.2 Å². The molecule has 0 saturated carbocycles. The normalized spacial score (nSPS) is 11.5. The molecule has 3 N–H and O–H groups in total. The van der Waals surface area contributed by atoms with E-state index >= 15 is 0 Å². The highest BCUT2D eigenvalue weighted by atomic mass is 19.1. The van der Waals surface area contributed by atoms with Gasteiger partial charge in [-0.25, -0.2) is 4.39 Å². The van der Waals surface area contributed by atoms with Gasteiger partial charge in [0.1, 0.15) is 6.54 Å². The van der Waals surface area contributed by atoms with Crippen molar-refractivity contribution in [1.29, 1.82) is 0 Å². The van der Waals surface area contributed by atoms with Crippen LogP contribution in [0.2, 0.25) is 0 Å². The minimum Gasteiger partial charge on any atom is -0.494 e. The minimum absolute atomic E-state index is 0.120. The van der Waals surface area contributed by atoms with Gasteiger partial charge in [0.25, 0.3) is 11.8 Å². The molecule has 1 atom stereocenters. The van der Waals surface area contributed by atoms with Crippen LogP contribution >= 0.6 is 0 Å². The lowest BCUT2D eigenvalue weighted by atomic mass is 10.2. The van der Waals surface area contributed by atoms with Crippen LogP contribution in [-0.4, -0.2) is 45.6 Å². The van der Waals surface area contributed by atoms with Crippen LogP contribution in [0.3, 0.4) is 0 Å². The van der Waals surface area contributed by atoms with E-state index in [1.165, 1.54) is 13.2 Å². The predicted molar refractivity (Wildman–Crippen MR) is 114 cm³/mol. The third-order valence-corrected chi connectivity index (χ3v) is 4.76. The molecule has 0 bridgehead atoms. The first-order valence-corrected chi connectivity index (χ1v) is 9.95. The highest BCUT2D eigenvalue weighted by Gasteiger charge is 2.14. The van der Waals surface area contributed by atoms with Gasteiger partial charge in [-0.15, -0.1) is 0 Å². The zero-order valence-electron chi connectivity index (χ0n) is 17.9. The topological polar surface area (TPSA) is 75.1 Å². The van der Waals surface area contributed by atoms with Crippen LogP contribution in [-0.2, 0) is 11.3 Å². The molecule has 2 amide bonds. The maximum absolute atomic E-state index is 13.8. The summed E-state index contributed by atoms with van der Waals surface area (Å²) in [5, 5.41) is 0. The smallest absolute Gasteiger partial charge is 0.293 e. The number of methoxy groups -OCH3 is 1. The van der Waals surface area contributed by atoms with Crippen molar-refractivity contribution in [2.24, 2.45) is 0 Å². The van der Waals surface area contributed by atoms with Crippen molar-refractivity contribution in [3.05, 3.63) is 59.4 Å². The quantitative estimate of drug-likeness (QED) is 0.536. The highest BCUT2D eigenvalue weighted by molar-refractivity contribution is 5.95. The molecule has 162 valence electrons. The second-order valence-corrected chi connectivity index (χ2v) is 7.00. The van der Waals surface area contributed by atoms with E-state index in [1.54, 1.807) is 24.3 Å². The first kappa shape index (κ1) is 23.2. The Bertz CT molecular complexity index is 854. The first-order chi connectivity index (χ1) is 14.4. The Labute approximate surface area is 176 Å². The van der Waals surface area contributed by atoms with Gasteiger partial charge in [0.15, 0.2) is 18.1 Å². The molecular formula is C22H30FN4O3+. The van der Waals surface area contributed by atoms with Crippen LogP contribution in [0.25, 0.3) is 0 Å². The maximum Gasteiger partial charge on any atom is 0.293 e. The fourth-order valence-corrected chi connectivity index (χ4v) is 3.16. The van der Waals surface area contributed by atoms with Crippen LogP contribution in [0.15, 0.2) is 42.5 Å². The second-order valence-electron chi connectivity index (χ2n) is 7.00. The largest absolute Gasteiger partial charge is 0.494 e. The molecule has 0 aromatic heterocycles. The Morgan fingerprint density at radius 3 is 2.30 bits per heavy atom. The third-order valence-electron chi connectivity index (χ3n) is 4.76. The maximum atomic E-state index is 13.8. The van der Waals surface area contributed by atoms with Gasteiger partial charge < -0.3 is 14.5 Å². The van der Waals surface area contributed by atoms with Crippen LogP contribution in [0.5, 0.6) is 5.75 Å². The molecule has 0 aliphatic rings. The van der Waals surface area contributed by atoms with Crippen molar-refractivity contribution in [2.75, 3.05) is 38.7 Å². The monoisotopic (exact) mass is 417 g/mol. The number of ether oxygens (including phenoxy) is 1. The average Bonchev–Trinajstić information content (AvgIpc) is 2.73. The van der Waals surface area contributed by atoms with Gasteiger partial charge in [-0.05, 0) is 56.3 Å². The Kier molecular flexibility index (Phi) is 8.61. The molecule has 0 saturated heterocycles. The number of anilines is 1. The molecule has 0 aliphatic heterocycles. The molecule has 1 unspecified atom stereocenters. The van der Waals surface area contributed by atoms with Gasteiger partial charge >= 0.3 is 0 Å². The van der Waals surface area contributed by atoms with E-state index in [1.807, 2.05) is 19.2 Å². The molecule has 0 radical (unpaired) electrons. The summed E-state index contributed by atoms with van der Waals surface area (Å²) in [4.78, 5) is 27.4. The zero-order chi connectivity index (χ0) is 22.1. The van der Waals surface area contributed by atoms with Crippen LogP contribution in [0.1, 0.15) is 29.8 Å². The van der Waals surface area contributed by atoms with Crippen molar-refractivity contribution in [3.8, 4) is 5.75 Å². The molecule has 30 heavy (non-hydrogen) atoms. The standard InChI is InChI=1S/C22H29FN4O3/c1-5-27(6-2)18-10-8-17(9-11-18)22(29)25-24-21(28)15-26(3)14-16-7-12-20(30-4)19(23)13-16/h7-13H,5-6,14-15H2,1-4H3,(H,24,28)(H,25,29)/p+1. The Morgan fingerprint density at radius 1 is 1.07 bits per heavy atom. The summed E-state index contributed by atoms with van der Waals surface area (Å²) in [6.45, 7) is 6.49. The fraction of sp³-hybridized carbons (Fsp3) is 0.364. The highest BCUT2D eigenvalue weighted by Crippen LogP contribution is 2.17. The van der Waals surface area contributed by atoms with Crippen molar-refractivity contribution in [2.45, 2.75) is 20.4 Å². The number of benzene rings is 2. The molecule has 7 nitrogen and oxygen atoms in total. The van der Waals surface area contributed by atoms with Crippen LogP contribution in [0, 0.1) is 5.82 Å². The SMILES string of the molecule is CCN(CC)c1ccc(C(=O)NNC(=O)C[NH+](C)Cc2ccc(OC)c(F)c2)cc1. The van der Waals surface area contributed by atoms with Gasteiger partial charge in [0, 0.05) is 29.9 Å². The first-order valence-electron chi connectivity index (χ1n) is 9.95. The number of hydrazine groups is 1. The predicted octanol–water partition coefficient (Wildman–Crippen LogP) is 1.16. The van der Waals surface area contributed by atoms with Gasteiger partial charge in [-0.3, -0.25) is 20.4 Å². The zero-order valence-corrected chi connectivity index (χ0v) is 17.9. The van der Waals surface area contributed by atoms with E-state index in [0.717, 1.165) is 29.2 Å². The third kappa shape index (κ3) is 6.45. The number of nitrogens with zero attached hydrogens (tertiary/aromatic N) is 1. The number of hydrogen-bond donors (Lipinski definition) is 3. The number of likely N-dealkylation sites (N-methyl/N-ethyl adjacent to an activating group) is 1. The van der Waals surface area contributed by atoms with E-state index < -0.39 is 5.82 Å². The van der Waals surface area contributed by atoms with Crippen molar-refractivity contribution >= 4 is 17.5 Å². The lowest BCUT2D eigenvalue weighted by Gasteiger charge is -2.21. The number of hydrogen-bond acceptors (Lipinski definition) is 4. The molecule has 0 spiro atoms. The second kappa shape index (κ2) is 11.2. The van der Waals surface area contributed by atoms with E-state index in [9.17, 15) is 14.0 Å². The van der Waals surface area contributed by atoms with Gasteiger partial charge in [0.2, 0.25) is 0 Å². The molecule has 2 rings (SSSR count). The molecular weight excluding hydrogens is 387 g/mol. The van der Waals surface area contributed by atoms with E-state index in [4.69, 9.17) is 4.74 Å².